The van der Waals surface area contributed by atoms with E-state index in [2.05, 4.69) is 10.2 Å². The number of carboxylic acid groups (broad SMARTS) is 1. The number of aryl methyl sites for hydroxylation is 1. The number of anilines is 1. The molecule has 1 aromatic heterocycles. The molecule has 1 N–H and O–H groups in total. The minimum absolute atomic E-state index is 0.00110. The second-order valence-electron chi connectivity index (χ2n) is 6.35. The van der Waals surface area contributed by atoms with E-state index in [0.29, 0.717) is 12.1 Å². The molecule has 1 aliphatic heterocycles. The molecule has 0 spiro atoms. The molecule has 0 radical (unpaired) electrons. The molecular weight excluding hydrogens is 344 g/mol. The molecule has 8 nitrogen and oxygen atoms in total. The summed E-state index contributed by atoms with van der Waals surface area (Å²) in [6.07, 6.45) is 0.453. The van der Waals surface area contributed by atoms with Crippen molar-refractivity contribution in [2.75, 3.05) is 23.5 Å². The molecule has 134 valence electrons. The molecule has 0 saturated carbocycles. The van der Waals surface area contributed by atoms with Crippen LogP contribution in [0, 0.1) is 13.8 Å². The van der Waals surface area contributed by atoms with Crippen LogP contribution in [-0.2, 0) is 9.84 Å². The first-order valence-corrected chi connectivity index (χ1v) is 9.72. The van der Waals surface area contributed by atoms with Crippen LogP contribution in [0.2, 0.25) is 0 Å². The molecule has 0 bridgehead atoms. The maximum absolute atomic E-state index is 11.7. The zero-order valence-corrected chi connectivity index (χ0v) is 15.1. The highest BCUT2D eigenvalue weighted by Gasteiger charge is 2.34. The molecule has 1 fully saturated rings. The summed E-state index contributed by atoms with van der Waals surface area (Å²) in [6, 6.07) is 5.33. The lowest BCUT2D eigenvalue weighted by atomic mass is 10.1. The van der Waals surface area contributed by atoms with Crippen molar-refractivity contribution in [3.8, 4) is 5.69 Å². The topological polar surface area (TPSA) is 105 Å². The summed E-state index contributed by atoms with van der Waals surface area (Å²) in [5.41, 5.74) is 2.50. The fourth-order valence-electron chi connectivity index (χ4n) is 2.99. The molecule has 0 amide bonds. The summed E-state index contributed by atoms with van der Waals surface area (Å²) in [6.45, 7) is 3.87. The molecule has 1 unspecified atom stereocenters. The molecule has 25 heavy (non-hydrogen) atoms. The van der Waals surface area contributed by atoms with Gasteiger partial charge in [-0.05, 0) is 37.5 Å². The highest BCUT2D eigenvalue weighted by molar-refractivity contribution is 7.91. The summed E-state index contributed by atoms with van der Waals surface area (Å²) < 4.78 is 23.4. The lowest BCUT2D eigenvalue weighted by molar-refractivity contribution is 0.0690. The number of rotatable bonds is 4. The van der Waals surface area contributed by atoms with Gasteiger partial charge in [0.15, 0.2) is 15.7 Å². The van der Waals surface area contributed by atoms with Gasteiger partial charge in [-0.2, -0.15) is 0 Å². The van der Waals surface area contributed by atoms with Crippen LogP contribution < -0.4 is 4.90 Å². The fourth-order valence-corrected chi connectivity index (χ4v) is 4.76. The number of carbonyl (C=O) groups is 1. The Labute approximate surface area is 146 Å². The van der Waals surface area contributed by atoms with Crippen LogP contribution in [0.15, 0.2) is 18.2 Å². The summed E-state index contributed by atoms with van der Waals surface area (Å²) in [7, 11) is -1.42. The van der Waals surface area contributed by atoms with E-state index >= 15 is 0 Å². The van der Waals surface area contributed by atoms with E-state index in [-0.39, 0.29) is 29.1 Å². The monoisotopic (exact) mass is 364 g/mol. The van der Waals surface area contributed by atoms with Crippen molar-refractivity contribution in [2.24, 2.45) is 0 Å². The molecular formula is C16H20N4O4S. The van der Waals surface area contributed by atoms with Gasteiger partial charge in [0.25, 0.3) is 0 Å². The van der Waals surface area contributed by atoms with Gasteiger partial charge in [0, 0.05) is 13.1 Å². The summed E-state index contributed by atoms with van der Waals surface area (Å²) in [5.74, 6) is -0.913. The number of nitrogens with zero attached hydrogens (tertiary/aromatic N) is 4. The number of carboxylic acids is 1. The number of aromatic carboxylic acids is 1. The van der Waals surface area contributed by atoms with Gasteiger partial charge < -0.3 is 10.0 Å². The average Bonchev–Trinajstić information content (AvgIpc) is 3.13. The lowest BCUT2D eigenvalue weighted by Gasteiger charge is -2.22. The standard InChI is InChI=1S/C16H20N4O4S/c1-10-5-4-6-13(11(10)2)20-17-14(16(21)22)15(18-20)19(3)12-7-8-25(23,24)9-12/h4-6,12H,7-9H2,1-3H3,(H,21,22). The van der Waals surface area contributed by atoms with Crippen LogP contribution in [-0.4, -0.2) is 59.1 Å². The Hall–Kier alpha value is -2.42. The highest BCUT2D eigenvalue weighted by Crippen LogP contribution is 2.25. The average molecular weight is 364 g/mol. The Balaban J connectivity index is 2.04. The van der Waals surface area contributed by atoms with Crippen molar-refractivity contribution in [2.45, 2.75) is 26.3 Å². The van der Waals surface area contributed by atoms with Crippen molar-refractivity contribution in [3.63, 3.8) is 0 Å². The second-order valence-corrected chi connectivity index (χ2v) is 8.58. The number of aromatic nitrogens is 3. The second kappa shape index (κ2) is 6.14. The maximum Gasteiger partial charge on any atom is 0.360 e. The van der Waals surface area contributed by atoms with Crippen LogP contribution in [0.1, 0.15) is 28.0 Å². The zero-order chi connectivity index (χ0) is 18.4. The summed E-state index contributed by atoms with van der Waals surface area (Å²) >= 11 is 0. The number of hydrogen-bond donors (Lipinski definition) is 1. The van der Waals surface area contributed by atoms with Gasteiger partial charge >= 0.3 is 5.97 Å². The van der Waals surface area contributed by atoms with E-state index in [9.17, 15) is 18.3 Å². The Morgan fingerprint density at radius 1 is 1.32 bits per heavy atom. The molecule has 9 heteroatoms. The third-order valence-electron chi connectivity index (χ3n) is 4.68. The molecule has 0 aliphatic carbocycles. The highest BCUT2D eigenvalue weighted by atomic mass is 32.2. The first-order valence-electron chi connectivity index (χ1n) is 7.90. The number of hydrogen-bond acceptors (Lipinski definition) is 6. The predicted octanol–water partition coefficient (Wildman–Crippen LogP) is 1.21. The normalized spacial score (nSPS) is 19.1. The molecule has 1 aliphatic rings. The molecule has 1 saturated heterocycles. The molecule has 2 aromatic rings. The summed E-state index contributed by atoms with van der Waals surface area (Å²) in [5, 5.41) is 18.0. The third kappa shape index (κ3) is 3.23. The van der Waals surface area contributed by atoms with E-state index in [1.165, 1.54) is 4.80 Å². The van der Waals surface area contributed by atoms with Gasteiger partial charge in [-0.3, -0.25) is 0 Å². The van der Waals surface area contributed by atoms with Crippen LogP contribution in [0.3, 0.4) is 0 Å². The minimum Gasteiger partial charge on any atom is -0.476 e. The van der Waals surface area contributed by atoms with Gasteiger partial charge in [-0.25, -0.2) is 13.2 Å². The maximum atomic E-state index is 11.7. The molecule has 2 heterocycles. The van der Waals surface area contributed by atoms with Crippen LogP contribution >= 0.6 is 0 Å². The van der Waals surface area contributed by atoms with E-state index in [0.717, 1.165) is 11.1 Å². The Kier molecular flexibility index (Phi) is 4.28. The number of benzene rings is 1. The first-order chi connectivity index (χ1) is 11.7. The van der Waals surface area contributed by atoms with Gasteiger partial charge in [0.2, 0.25) is 5.69 Å². The number of sulfone groups is 1. The van der Waals surface area contributed by atoms with E-state index in [1.54, 1.807) is 11.9 Å². The Morgan fingerprint density at radius 3 is 2.64 bits per heavy atom. The van der Waals surface area contributed by atoms with Crippen molar-refractivity contribution in [3.05, 3.63) is 35.0 Å². The smallest absolute Gasteiger partial charge is 0.360 e. The lowest BCUT2D eigenvalue weighted by Crippen LogP contribution is -2.34. The van der Waals surface area contributed by atoms with E-state index in [1.807, 2.05) is 32.0 Å². The molecule has 3 rings (SSSR count). The third-order valence-corrected chi connectivity index (χ3v) is 6.43. The fraction of sp³-hybridized carbons (Fsp3) is 0.438. The van der Waals surface area contributed by atoms with Crippen LogP contribution in [0.5, 0.6) is 0 Å². The minimum atomic E-state index is -3.08. The SMILES string of the molecule is Cc1cccc(-n2nc(C(=O)O)c(N(C)C3CCS(=O)(=O)C3)n2)c1C. The predicted molar refractivity (Wildman–Crippen MR) is 93.3 cm³/mol. The van der Waals surface area contributed by atoms with Gasteiger partial charge in [-0.15, -0.1) is 15.0 Å². The van der Waals surface area contributed by atoms with Crippen LogP contribution in [0.25, 0.3) is 5.69 Å². The molecule has 1 aromatic carbocycles. The van der Waals surface area contributed by atoms with Crippen LogP contribution in [0.4, 0.5) is 5.82 Å². The summed E-state index contributed by atoms with van der Waals surface area (Å²) in [4.78, 5) is 14.5. The van der Waals surface area contributed by atoms with Gasteiger partial charge in [0.05, 0.1) is 17.2 Å². The quantitative estimate of drug-likeness (QED) is 0.869. The first kappa shape index (κ1) is 17.4. The Morgan fingerprint density at radius 2 is 2.04 bits per heavy atom. The van der Waals surface area contributed by atoms with E-state index < -0.39 is 15.8 Å². The van der Waals surface area contributed by atoms with E-state index in [4.69, 9.17) is 0 Å². The van der Waals surface area contributed by atoms with Crippen molar-refractivity contribution < 1.29 is 18.3 Å². The van der Waals surface area contributed by atoms with Gasteiger partial charge in [-0.1, -0.05) is 12.1 Å². The van der Waals surface area contributed by atoms with Gasteiger partial charge in [0.1, 0.15) is 0 Å². The largest absolute Gasteiger partial charge is 0.476 e. The van der Waals surface area contributed by atoms with Crippen molar-refractivity contribution in [1.29, 1.82) is 0 Å². The zero-order valence-electron chi connectivity index (χ0n) is 14.3. The van der Waals surface area contributed by atoms with Crippen molar-refractivity contribution >= 4 is 21.6 Å². The Bertz CT molecular complexity index is 936. The molecule has 1 atom stereocenters. The van der Waals surface area contributed by atoms with Crippen molar-refractivity contribution in [1.82, 2.24) is 15.0 Å².